The third-order valence-electron chi connectivity index (χ3n) is 3.17. The first-order valence-electron chi connectivity index (χ1n) is 6.13. The SMILES string of the molecule is CCC(CC)CNC(CN)c1cnn(C)c1. The number of rotatable bonds is 7. The molecule has 0 saturated carbocycles. The molecule has 0 aromatic carbocycles. The maximum Gasteiger partial charge on any atom is 0.0538 e. The highest BCUT2D eigenvalue weighted by Crippen LogP contribution is 2.12. The molecule has 0 radical (unpaired) electrons. The Hall–Kier alpha value is -0.870. The van der Waals surface area contributed by atoms with Gasteiger partial charge in [-0.2, -0.15) is 5.10 Å². The summed E-state index contributed by atoms with van der Waals surface area (Å²) in [5, 5.41) is 7.70. The summed E-state index contributed by atoms with van der Waals surface area (Å²) in [5.74, 6) is 0.741. The molecular weight excluding hydrogens is 200 g/mol. The van der Waals surface area contributed by atoms with E-state index in [1.165, 1.54) is 18.4 Å². The van der Waals surface area contributed by atoms with Crippen LogP contribution in [0, 0.1) is 5.92 Å². The van der Waals surface area contributed by atoms with Crippen molar-refractivity contribution in [1.29, 1.82) is 0 Å². The number of nitrogens with zero attached hydrogens (tertiary/aromatic N) is 2. The molecule has 1 unspecified atom stereocenters. The Morgan fingerprint density at radius 1 is 1.44 bits per heavy atom. The van der Waals surface area contributed by atoms with Crippen LogP contribution in [-0.4, -0.2) is 22.9 Å². The lowest BCUT2D eigenvalue weighted by Gasteiger charge is -2.19. The van der Waals surface area contributed by atoms with Gasteiger partial charge in [0.2, 0.25) is 0 Å². The summed E-state index contributed by atoms with van der Waals surface area (Å²) in [7, 11) is 1.93. The molecule has 4 nitrogen and oxygen atoms in total. The molecule has 16 heavy (non-hydrogen) atoms. The molecule has 92 valence electrons. The normalized spacial score (nSPS) is 13.3. The van der Waals surface area contributed by atoms with E-state index in [2.05, 4.69) is 24.3 Å². The third-order valence-corrected chi connectivity index (χ3v) is 3.17. The van der Waals surface area contributed by atoms with Gasteiger partial charge < -0.3 is 11.1 Å². The Morgan fingerprint density at radius 3 is 2.56 bits per heavy atom. The van der Waals surface area contributed by atoms with Crippen LogP contribution in [0.4, 0.5) is 0 Å². The Balaban J connectivity index is 2.49. The topological polar surface area (TPSA) is 55.9 Å². The minimum absolute atomic E-state index is 0.231. The lowest BCUT2D eigenvalue weighted by Crippen LogP contribution is -2.31. The van der Waals surface area contributed by atoms with Crippen molar-refractivity contribution in [2.45, 2.75) is 32.7 Å². The fraction of sp³-hybridized carbons (Fsp3) is 0.750. The van der Waals surface area contributed by atoms with Crippen molar-refractivity contribution in [3.8, 4) is 0 Å². The van der Waals surface area contributed by atoms with Crippen LogP contribution in [0.5, 0.6) is 0 Å². The van der Waals surface area contributed by atoms with E-state index in [9.17, 15) is 0 Å². The zero-order chi connectivity index (χ0) is 12.0. The van der Waals surface area contributed by atoms with Gasteiger partial charge in [0.15, 0.2) is 0 Å². The summed E-state index contributed by atoms with van der Waals surface area (Å²) >= 11 is 0. The summed E-state index contributed by atoms with van der Waals surface area (Å²) in [6, 6.07) is 0.231. The van der Waals surface area contributed by atoms with Gasteiger partial charge in [-0.25, -0.2) is 0 Å². The van der Waals surface area contributed by atoms with Crippen LogP contribution in [-0.2, 0) is 7.05 Å². The van der Waals surface area contributed by atoms with Crippen LogP contribution >= 0.6 is 0 Å². The quantitative estimate of drug-likeness (QED) is 0.737. The van der Waals surface area contributed by atoms with Crippen LogP contribution in [0.3, 0.4) is 0 Å². The molecule has 1 aromatic rings. The van der Waals surface area contributed by atoms with Gasteiger partial charge in [0, 0.05) is 31.4 Å². The molecule has 4 heteroatoms. The van der Waals surface area contributed by atoms with E-state index >= 15 is 0 Å². The Kier molecular flexibility index (Phi) is 5.49. The van der Waals surface area contributed by atoms with Crippen molar-refractivity contribution in [2.75, 3.05) is 13.1 Å². The highest BCUT2D eigenvalue weighted by molar-refractivity contribution is 5.10. The fourth-order valence-corrected chi connectivity index (χ4v) is 1.84. The monoisotopic (exact) mass is 224 g/mol. The van der Waals surface area contributed by atoms with Crippen LogP contribution in [0.15, 0.2) is 12.4 Å². The standard InChI is InChI=1S/C12H24N4/c1-4-10(5-2)7-14-12(6-13)11-8-15-16(3)9-11/h8-10,12,14H,4-7,13H2,1-3H3. The zero-order valence-corrected chi connectivity index (χ0v) is 10.6. The molecule has 3 N–H and O–H groups in total. The van der Waals surface area contributed by atoms with Crippen molar-refractivity contribution in [3.05, 3.63) is 18.0 Å². The van der Waals surface area contributed by atoms with Gasteiger partial charge in [0.1, 0.15) is 0 Å². The van der Waals surface area contributed by atoms with E-state index in [4.69, 9.17) is 5.73 Å². The molecule has 0 aliphatic heterocycles. The molecule has 1 aromatic heterocycles. The van der Waals surface area contributed by atoms with E-state index in [1.54, 1.807) is 0 Å². The van der Waals surface area contributed by atoms with Crippen molar-refractivity contribution in [1.82, 2.24) is 15.1 Å². The number of hydrogen-bond donors (Lipinski definition) is 2. The van der Waals surface area contributed by atoms with E-state index in [1.807, 2.05) is 24.1 Å². The minimum Gasteiger partial charge on any atom is -0.329 e. The van der Waals surface area contributed by atoms with Crippen LogP contribution in [0.2, 0.25) is 0 Å². The predicted molar refractivity (Wildman–Crippen MR) is 67.1 cm³/mol. The van der Waals surface area contributed by atoms with Crippen LogP contribution in [0.1, 0.15) is 38.3 Å². The van der Waals surface area contributed by atoms with Crippen molar-refractivity contribution in [2.24, 2.45) is 18.7 Å². The van der Waals surface area contributed by atoms with E-state index in [-0.39, 0.29) is 6.04 Å². The first kappa shape index (κ1) is 13.2. The van der Waals surface area contributed by atoms with Gasteiger partial charge in [-0.3, -0.25) is 4.68 Å². The number of aromatic nitrogens is 2. The maximum atomic E-state index is 5.78. The van der Waals surface area contributed by atoms with E-state index in [0.29, 0.717) is 6.54 Å². The third kappa shape index (κ3) is 3.61. The highest BCUT2D eigenvalue weighted by Gasteiger charge is 2.12. The minimum atomic E-state index is 0.231. The lowest BCUT2D eigenvalue weighted by molar-refractivity contribution is 0.414. The molecule has 1 heterocycles. The Bertz CT molecular complexity index is 291. The number of hydrogen-bond acceptors (Lipinski definition) is 3. The summed E-state index contributed by atoms with van der Waals surface area (Å²) in [4.78, 5) is 0. The van der Waals surface area contributed by atoms with Gasteiger partial charge in [0.25, 0.3) is 0 Å². The maximum absolute atomic E-state index is 5.78. The van der Waals surface area contributed by atoms with Gasteiger partial charge in [-0.15, -0.1) is 0 Å². The van der Waals surface area contributed by atoms with Gasteiger partial charge in [-0.1, -0.05) is 26.7 Å². The molecule has 0 amide bonds. The van der Waals surface area contributed by atoms with Crippen molar-refractivity contribution in [3.63, 3.8) is 0 Å². The molecular formula is C12H24N4. The van der Waals surface area contributed by atoms with E-state index < -0.39 is 0 Å². The van der Waals surface area contributed by atoms with Gasteiger partial charge >= 0.3 is 0 Å². The summed E-state index contributed by atoms with van der Waals surface area (Å²) in [5.41, 5.74) is 6.96. The average Bonchev–Trinajstić information content (AvgIpc) is 2.71. The van der Waals surface area contributed by atoms with E-state index in [0.717, 1.165) is 12.5 Å². The van der Waals surface area contributed by atoms with Crippen molar-refractivity contribution < 1.29 is 0 Å². The smallest absolute Gasteiger partial charge is 0.0538 e. The molecule has 0 aliphatic carbocycles. The Labute approximate surface area is 98.2 Å². The largest absolute Gasteiger partial charge is 0.329 e. The zero-order valence-electron chi connectivity index (χ0n) is 10.6. The molecule has 0 spiro atoms. The van der Waals surface area contributed by atoms with Gasteiger partial charge in [0.05, 0.1) is 6.20 Å². The number of nitrogens with one attached hydrogen (secondary N) is 1. The second kappa shape index (κ2) is 6.66. The summed E-state index contributed by atoms with van der Waals surface area (Å²) in [6.45, 7) is 6.12. The van der Waals surface area contributed by atoms with Crippen LogP contribution in [0.25, 0.3) is 0 Å². The molecule has 0 aliphatic rings. The molecule has 0 saturated heterocycles. The molecule has 0 bridgehead atoms. The summed E-state index contributed by atoms with van der Waals surface area (Å²) < 4.78 is 1.82. The molecule has 0 fully saturated rings. The first-order valence-corrected chi connectivity index (χ1v) is 6.13. The van der Waals surface area contributed by atoms with Crippen LogP contribution < -0.4 is 11.1 Å². The van der Waals surface area contributed by atoms with Crippen molar-refractivity contribution >= 4 is 0 Å². The molecule has 1 rings (SSSR count). The second-order valence-corrected chi connectivity index (χ2v) is 4.33. The fourth-order valence-electron chi connectivity index (χ4n) is 1.84. The first-order chi connectivity index (χ1) is 7.71. The average molecular weight is 224 g/mol. The predicted octanol–water partition coefficient (Wildman–Crippen LogP) is 1.45. The number of nitrogens with two attached hydrogens (primary N) is 1. The number of aryl methyl sites for hydroxylation is 1. The molecule has 1 atom stereocenters. The highest BCUT2D eigenvalue weighted by atomic mass is 15.2. The second-order valence-electron chi connectivity index (χ2n) is 4.33. The van der Waals surface area contributed by atoms with Gasteiger partial charge in [-0.05, 0) is 12.5 Å². The lowest BCUT2D eigenvalue weighted by atomic mass is 10.0. The summed E-state index contributed by atoms with van der Waals surface area (Å²) in [6.07, 6.45) is 6.34. The Morgan fingerprint density at radius 2 is 2.12 bits per heavy atom.